The third-order valence-corrected chi connectivity index (χ3v) is 3.84. The number of thiocarbonyl (C=S) groups is 1. The number of benzene rings is 1. The third-order valence-electron chi connectivity index (χ3n) is 2.86. The fourth-order valence-corrected chi connectivity index (χ4v) is 2.30. The van der Waals surface area contributed by atoms with E-state index in [1.807, 2.05) is 55.3 Å². The summed E-state index contributed by atoms with van der Waals surface area (Å²) in [5.74, 6) is 1.76. The van der Waals surface area contributed by atoms with Crippen molar-refractivity contribution in [3.8, 4) is 11.3 Å². The van der Waals surface area contributed by atoms with Crippen molar-refractivity contribution in [3.63, 3.8) is 0 Å². The van der Waals surface area contributed by atoms with Gasteiger partial charge < -0.3 is 14.6 Å². The molecule has 0 fully saturated rings. The smallest absolute Gasteiger partial charge is 0.169 e. The van der Waals surface area contributed by atoms with Gasteiger partial charge in [-0.2, -0.15) is 0 Å². The molecule has 1 heterocycles. The van der Waals surface area contributed by atoms with E-state index in [0.29, 0.717) is 6.54 Å². The molecule has 1 aromatic heterocycles. The molecule has 5 heteroatoms. The Morgan fingerprint density at radius 1 is 1.25 bits per heavy atom. The Labute approximate surface area is 133 Å². The number of nitrogens with one attached hydrogen (secondary N) is 1. The molecule has 0 unspecified atom stereocenters. The minimum atomic E-state index is 0.655. The summed E-state index contributed by atoms with van der Waals surface area (Å²) in [5.41, 5.74) is 1.07. The number of halogens is 1. The summed E-state index contributed by atoms with van der Waals surface area (Å²) >= 11 is 8.69. The highest BCUT2D eigenvalue weighted by atomic mass is 79.9. The largest absolute Gasteiger partial charge is 0.459 e. The van der Waals surface area contributed by atoms with Gasteiger partial charge in [0.15, 0.2) is 5.11 Å². The van der Waals surface area contributed by atoms with Crippen LogP contribution in [0.15, 0.2) is 45.3 Å². The van der Waals surface area contributed by atoms with Gasteiger partial charge in [-0.05, 0) is 43.4 Å². The molecule has 0 bridgehead atoms. The minimum absolute atomic E-state index is 0.655. The fraction of sp³-hybridized carbons (Fsp3) is 0.267. The van der Waals surface area contributed by atoms with Crippen molar-refractivity contribution in [2.75, 3.05) is 13.6 Å². The third kappa shape index (κ3) is 3.84. The van der Waals surface area contributed by atoms with Crippen LogP contribution in [0.25, 0.3) is 11.3 Å². The Kier molecular flexibility index (Phi) is 5.20. The first-order valence-corrected chi connectivity index (χ1v) is 7.64. The van der Waals surface area contributed by atoms with Crippen molar-refractivity contribution in [2.24, 2.45) is 0 Å². The zero-order chi connectivity index (χ0) is 14.5. The molecule has 0 saturated heterocycles. The summed E-state index contributed by atoms with van der Waals surface area (Å²) in [6.45, 7) is 3.51. The van der Waals surface area contributed by atoms with Gasteiger partial charge in [0, 0.05) is 23.6 Å². The zero-order valence-electron chi connectivity index (χ0n) is 11.5. The van der Waals surface area contributed by atoms with Gasteiger partial charge in [0.1, 0.15) is 11.5 Å². The molecule has 20 heavy (non-hydrogen) atoms. The van der Waals surface area contributed by atoms with Crippen LogP contribution in [0.1, 0.15) is 12.7 Å². The van der Waals surface area contributed by atoms with Gasteiger partial charge in [0.25, 0.3) is 0 Å². The topological polar surface area (TPSA) is 28.4 Å². The monoisotopic (exact) mass is 352 g/mol. The Bertz CT molecular complexity index is 580. The van der Waals surface area contributed by atoms with Crippen LogP contribution in [0.3, 0.4) is 0 Å². The molecular weight excluding hydrogens is 336 g/mol. The average molecular weight is 353 g/mol. The molecule has 0 aliphatic carbocycles. The van der Waals surface area contributed by atoms with Crippen molar-refractivity contribution < 1.29 is 4.42 Å². The molecule has 1 N–H and O–H groups in total. The van der Waals surface area contributed by atoms with E-state index >= 15 is 0 Å². The number of nitrogens with zero attached hydrogens (tertiary/aromatic N) is 1. The van der Waals surface area contributed by atoms with Crippen molar-refractivity contribution in [3.05, 3.63) is 46.6 Å². The molecule has 0 spiro atoms. The second kappa shape index (κ2) is 6.90. The van der Waals surface area contributed by atoms with Crippen LogP contribution in [-0.2, 0) is 6.54 Å². The van der Waals surface area contributed by atoms with Gasteiger partial charge in [-0.15, -0.1) is 0 Å². The lowest BCUT2D eigenvalue weighted by Crippen LogP contribution is -2.36. The number of hydrogen-bond acceptors (Lipinski definition) is 2. The first-order chi connectivity index (χ1) is 9.60. The standard InChI is InChI=1S/C15H17BrN2OS/c1-3-17-15(20)18(2)10-13-8-9-14(19-13)11-4-6-12(16)7-5-11/h4-9H,3,10H2,1-2H3,(H,17,20). The Balaban J connectivity index is 2.05. The molecule has 0 amide bonds. The maximum Gasteiger partial charge on any atom is 0.169 e. The van der Waals surface area contributed by atoms with Gasteiger partial charge in [0.05, 0.1) is 6.54 Å². The molecule has 0 saturated carbocycles. The van der Waals surface area contributed by atoms with Gasteiger partial charge >= 0.3 is 0 Å². The highest BCUT2D eigenvalue weighted by molar-refractivity contribution is 9.10. The maximum absolute atomic E-state index is 5.86. The van der Waals surface area contributed by atoms with E-state index < -0.39 is 0 Å². The number of hydrogen-bond donors (Lipinski definition) is 1. The summed E-state index contributed by atoms with van der Waals surface area (Å²) in [7, 11) is 1.95. The quantitative estimate of drug-likeness (QED) is 0.840. The molecule has 2 rings (SSSR count). The van der Waals surface area contributed by atoms with Crippen LogP contribution in [-0.4, -0.2) is 23.6 Å². The molecule has 1 aromatic carbocycles. The second-order valence-electron chi connectivity index (χ2n) is 4.46. The second-order valence-corrected chi connectivity index (χ2v) is 5.77. The lowest BCUT2D eigenvalue weighted by Gasteiger charge is -2.18. The first-order valence-electron chi connectivity index (χ1n) is 6.43. The van der Waals surface area contributed by atoms with E-state index in [0.717, 1.165) is 33.2 Å². The van der Waals surface area contributed by atoms with Gasteiger partial charge in [-0.25, -0.2) is 0 Å². The zero-order valence-corrected chi connectivity index (χ0v) is 13.9. The normalized spacial score (nSPS) is 10.3. The lowest BCUT2D eigenvalue weighted by molar-refractivity contribution is 0.412. The van der Waals surface area contributed by atoms with Crippen LogP contribution in [0.4, 0.5) is 0 Å². The Morgan fingerprint density at radius 2 is 1.95 bits per heavy atom. The summed E-state index contributed by atoms with van der Waals surface area (Å²) < 4.78 is 6.92. The summed E-state index contributed by atoms with van der Waals surface area (Å²) in [4.78, 5) is 1.96. The van der Waals surface area contributed by atoms with Crippen LogP contribution in [0.2, 0.25) is 0 Å². The Hall–Kier alpha value is -1.33. The van der Waals surface area contributed by atoms with Gasteiger partial charge in [-0.3, -0.25) is 0 Å². The lowest BCUT2D eigenvalue weighted by atomic mass is 10.2. The van der Waals surface area contributed by atoms with Crippen LogP contribution >= 0.6 is 28.1 Å². The summed E-state index contributed by atoms with van der Waals surface area (Å²) in [5, 5.41) is 3.85. The predicted octanol–water partition coefficient (Wildman–Crippen LogP) is 4.04. The van der Waals surface area contributed by atoms with Gasteiger partial charge in [0.2, 0.25) is 0 Å². The van der Waals surface area contributed by atoms with Crippen molar-refractivity contribution >= 4 is 33.3 Å². The van der Waals surface area contributed by atoms with E-state index in [1.165, 1.54) is 0 Å². The summed E-state index contributed by atoms with van der Waals surface area (Å²) in [6.07, 6.45) is 0. The van der Waals surface area contributed by atoms with Crippen molar-refractivity contribution in [1.29, 1.82) is 0 Å². The molecule has 0 atom stereocenters. The molecule has 2 aromatic rings. The highest BCUT2D eigenvalue weighted by Gasteiger charge is 2.09. The van der Waals surface area contributed by atoms with Crippen LogP contribution in [0.5, 0.6) is 0 Å². The van der Waals surface area contributed by atoms with E-state index in [-0.39, 0.29) is 0 Å². The minimum Gasteiger partial charge on any atom is -0.459 e. The molecule has 3 nitrogen and oxygen atoms in total. The van der Waals surface area contributed by atoms with E-state index in [1.54, 1.807) is 0 Å². The van der Waals surface area contributed by atoms with E-state index in [4.69, 9.17) is 16.6 Å². The average Bonchev–Trinajstić information content (AvgIpc) is 2.88. The Morgan fingerprint density at radius 3 is 2.60 bits per heavy atom. The van der Waals surface area contributed by atoms with Crippen molar-refractivity contribution in [2.45, 2.75) is 13.5 Å². The molecule has 0 radical (unpaired) electrons. The summed E-state index contributed by atoms with van der Waals surface area (Å²) in [6, 6.07) is 12.0. The maximum atomic E-state index is 5.86. The van der Waals surface area contributed by atoms with Crippen LogP contribution < -0.4 is 5.32 Å². The molecule has 0 aliphatic heterocycles. The fourth-order valence-electron chi connectivity index (χ4n) is 1.82. The van der Waals surface area contributed by atoms with E-state index in [2.05, 4.69) is 21.2 Å². The first kappa shape index (κ1) is 15.1. The predicted molar refractivity (Wildman–Crippen MR) is 89.6 cm³/mol. The molecule has 0 aliphatic rings. The SMILES string of the molecule is CCNC(=S)N(C)Cc1ccc(-c2ccc(Br)cc2)o1. The molecular formula is C15H17BrN2OS. The van der Waals surface area contributed by atoms with Crippen LogP contribution in [0, 0.1) is 0 Å². The highest BCUT2D eigenvalue weighted by Crippen LogP contribution is 2.24. The van der Waals surface area contributed by atoms with Crippen molar-refractivity contribution in [1.82, 2.24) is 10.2 Å². The molecule has 106 valence electrons. The van der Waals surface area contributed by atoms with E-state index in [9.17, 15) is 0 Å². The number of rotatable bonds is 4. The number of furan rings is 1. The van der Waals surface area contributed by atoms with Gasteiger partial charge in [-0.1, -0.05) is 28.1 Å².